The predicted molar refractivity (Wildman–Crippen MR) is 76.9 cm³/mol. The average molecular weight is 345 g/mol. The van der Waals surface area contributed by atoms with Gasteiger partial charge in [-0.25, -0.2) is 19.5 Å². The Labute approximate surface area is 130 Å². The van der Waals surface area contributed by atoms with Crippen LogP contribution < -0.4 is 5.73 Å². The van der Waals surface area contributed by atoms with Gasteiger partial charge in [0.1, 0.15) is 23.7 Å². The molecule has 0 aromatic carbocycles. The summed E-state index contributed by atoms with van der Waals surface area (Å²) in [6.07, 6.45) is 1.31. The monoisotopic (exact) mass is 345 g/mol. The fraction of sp³-hybridized carbons (Fsp3) is 0.545. The Bertz CT molecular complexity index is 777. The SMILES string of the molecule is C[C@]1(COP(=O)(O)O)O[C@@H](n2cnc3c(N)ncnc32)C[C@@H]1O. The lowest BCUT2D eigenvalue weighted by molar-refractivity contribution is -0.113. The van der Waals surface area contributed by atoms with E-state index in [1.54, 1.807) is 4.57 Å². The van der Waals surface area contributed by atoms with Crippen LogP contribution in [0.3, 0.4) is 0 Å². The Morgan fingerprint density at radius 2 is 2.26 bits per heavy atom. The number of anilines is 1. The molecule has 0 spiro atoms. The summed E-state index contributed by atoms with van der Waals surface area (Å²) < 4.78 is 22.7. The van der Waals surface area contributed by atoms with E-state index in [0.717, 1.165) is 0 Å². The summed E-state index contributed by atoms with van der Waals surface area (Å²) in [5, 5.41) is 10.2. The van der Waals surface area contributed by atoms with Gasteiger partial charge in [-0.05, 0) is 6.92 Å². The van der Waals surface area contributed by atoms with E-state index in [1.165, 1.54) is 19.6 Å². The molecule has 23 heavy (non-hydrogen) atoms. The first-order valence-corrected chi connectivity index (χ1v) is 8.21. The van der Waals surface area contributed by atoms with Crippen molar-refractivity contribution < 1.29 is 28.7 Å². The second-order valence-corrected chi connectivity index (χ2v) is 6.72. The quantitative estimate of drug-likeness (QED) is 0.533. The van der Waals surface area contributed by atoms with Gasteiger partial charge in [0.2, 0.25) is 0 Å². The lowest BCUT2D eigenvalue weighted by Crippen LogP contribution is -2.40. The fourth-order valence-electron chi connectivity index (χ4n) is 2.47. The predicted octanol–water partition coefficient (Wildman–Crippen LogP) is -0.444. The molecule has 1 saturated heterocycles. The lowest BCUT2D eigenvalue weighted by atomic mass is 10.0. The summed E-state index contributed by atoms with van der Waals surface area (Å²) >= 11 is 0. The number of aliphatic hydroxyl groups excluding tert-OH is 1. The van der Waals surface area contributed by atoms with E-state index < -0.39 is 32.4 Å². The lowest BCUT2D eigenvalue weighted by Gasteiger charge is -2.27. The number of hydrogen-bond acceptors (Lipinski definition) is 8. The summed E-state index contributed by atoms with van der Waals surface area (Å²) in [4.78, 5) is 29.7. The number of nitrogens with zero attached hydrogens (tertiary/aromatic N) is 4. The zero-order valence-electron chi connectivity index (χ0n) is 12.1. The first-order valence-electron chi connectivity index (χ1n) is 6.68. The van der Waals surface area contributed by atoms with Crippen LogP contribution in [0.4, 0.5) is 5.82 Å². The third-order valence-electron chi connectivity index (χ3n) is 3.75. The maximum atomic E-state index is 10.8. The standard InChI is InChI=1S/C11H16N5O6P/c1-11(3-21-23(18,19)20)6(17)2-7(22-11)16-5-15-8-9(12)13-4-14-10(8)16/h4-7,17H,2-3H2,1H3,(H2,12,13,14)(H2,18,19,20)/t6-,7+,11+/m0/s1. The minimum absolute atomic E-state index is 0.177. The van der Waals surface area contributed by atoms with E-state index in [0.29, 0.717) is 11.2 Å². The Morgan fingerprint density at radius 3 is 2.96 bits per heavy atom. The van der Waals surface area contributed by atoms with Gasteiger partial charge in [-0.15, -0.1) is 0 Å². The molecule has 3 rings (SSSR count). The summed E-state index contributed by atoms with van der Waals surface area (Å²) in [5.74, 6) is 0.222. The van der Waals surface area contributed by atoms with E-state index in [4.69, 9.17) is 20.3 Å². The number of aromatic nitrogens is 4. The number of ether oxygens (including phenoxy) is 1. The Balaban J connectivity index is 1.85. The van der Waals surface area contributed by atoms with Crippen molar-refractivity contribution in [2.45, 2.75) is 31.3 Å². The van der Waals surface area contributed by atoms with Crippen molar-refractivity contribution in [3.05, 3.63) is 12.7 Å². The van der Waals surface area contributed by atoms with Crippen LogP contribution in [0.2, 0.25) is 0 Å². The minimum atomic E-state index is -4.66. The second-order valence-electron chi connectivity index (χ2n) is 5.48. The molecule has 3 heterocycles. The highest BCUT2D eigenvalue weighted by molar-refractivity contribution is 7.46. The zero-order valence-corrected chi connectivity index (χ0v) is 13.0. The molecule has 0 unspecified atom stereocenters. The van der Waals surface area contributed by atoms with Crippen molar-refractivity contribution in [2.24, 2.45) is 0 Å². The molecule has 3 atom stereocenters. The molecule has 0 aliphatic carbocycles. The highest BCUT2D eigenvalue weighted by Crippen LogP contribution is 2.42. The number of phosphoric acid groups is 1. The van der Waals surface area contributed by atoms with Crippen molar-refractivity contribution in [1.29, 1.82) is 0 Å². The second kappa shape index (κ2) is 5.48. The molecule has 2 aromatic rings. The van der Waals surface area contributed by atoms with Crippen LogP contribution in [0.15, 0.2) is 12.7 Å². The van der Waals surface area contributed by atoms with Crippen LogP contribution in [0.25, 0.3) is 11.2 Å². The molecular weight excluding hydrogens is 329 g/mol. The Hall–Kier alpha value is -1.62. The topological polar surface area (TPSA) is 166 Å². The zero-order chi connectivity index (χ0) is 16.8. The Morgan fingerprint density at radius 1 is 1.52 bits per heavy atom. The molecule has 12 heteroatoms. The van der Waals surface area contributed by atoms with Crippen LogP contribution >= 0.6 is 7.82 Å². The Kier molecular flexibility index (Phi) is 3.87. The van der Waals surface area contributed by atoms with Crippen molar-refractivity contribution in [3.63, 3.8) is 0 Å². The number of imidazole rings is 1. The van der Waals surface area contributed by atoms with Gasteiger partial charge in [0.15, 0.2) is 11.5 Å². The van der Waals surface area contributed by atoms with Gasteiger partial charge < -0.3 is 25.4 Å². The average Bonchev–Trinajstić information content (AvgIpc) is 3.00. The van der Waals surface area contributed by atoms with Gasteiger partial charge in [0.25, 0.3) is 0 Å². The van der Waals surface area contributed by atoms with E-state index in [9.17, 15) is 9.67 Å². The highest BCUT2D eigenvalue weighted by Gasteiger charge is 2.47. The number of nitrogens with two attached hydrogens (primary N) is 1. The molecule has 0 bridgehead atoms. The number of rotatable bonds is 4. The fourth-order valence-corrected chi connectivity index (χ4v) is 2.90. The van der Waals surface area contributed by atoms with Crippen molar-refractivity contribution in [1.82, 2.24) is 19.5 Å². The first-order chi connectivity index (χ1) is 10.7. The molecule has 0 amide bonds. The third-order valence-corrected chi connectivity index (χ3v) is 4.22. The van der Waals surface area contributed by atoms with Gasteiger partial charge >= 0.3 is 7.82 Å². The number of phosphoric ester groups is 1. The van der Waals surface area contributed by atoms with Gasteiger partial charge in [0, 0.05) is 6.42 Å². The van der Waals surface area contributed by atoms with Gasteiger partial charge in [-0.1, -0.05) is 0 Å². The minimum Gasteiger partial charge on any atom is -0.390 e. The summed E-state index contributed by atoms with van der Waals surface area (Å²) in [7, 11) is -4.66. The third kappa shape index (κ3) is 3.07. The number of hydrogen-bond donors (Lipinski definition) is 4. The molecular formula is C11H16N5O6P. The first kappa shape index (κ1) is 16.2. The highest BCUT2D eigenvalue weighted by atomic mass is 31.2. The molecule has 0 saturated carbocycles. The normalized spacial score (nSPS) is 28.5. The van der Waals surface area contributed by atoms with Gasteiger partial charge in [-0.2, -0.15) is 0 Å². The van der Waals surface area contributed by atoms with Crippen LogP contribution in [-0.4, -0.2) is 52.7 Å². The molecule has 0 radical (unpaired) electrons. The summed E-state index contributed by atoms with van der Waals surface area (Å²) in [6.45, 7) is 1.05. The van der Waals surface area contributed by atoms with Gasteiger partial charge in [-0.3, -0.25) is 9.09 Å². The van der Waals surface area contributed by atoms with Crippen molar-refractivity contribution in [3.8, 4) is 0 Å². The van der Waals surface area contributed by atoms with Crippen LogP contribution in [0, 0.1) is 0 Å². The van der Waals surface area contributed by atoms with Crippen molar-refractivity contribution in [2.75, 3.05) is 12.3 Å². The van der Waals surface area contributed by atoms with Crippen molar-refractivity contribution >= 4 is 24.8 Å². The number of aliphatic hydroxyl groups is 1. The van der Waals surface area contributed by atoms with E-state index in [1.807, 2.05) is 0 Å². The van der Waals surface area contributed by atoms with Gasteiger partial charge in [0.05, 0.1) is 19.0 Å². The largest absolute Gasteiger partial charge is 0.469 e. The maximum Gasteiger partial charge on any atom is 0.469 e. The maximum absolute atomic E-state index is 10.8. The number of fused-ring (bicyclic) bond motifs is 1. The summed E-state index contributed by atoms with van der Waals surface area (Å²) in [5.41, 5.74) is 5.29. The molecule has 2 aromatic heterocycles. The molecule has 1 aliphatic rings. The summed E-state index contributed by atoms with van der Waals surface area (Å²) in [6, 6.07) is 0. The van der Waals surface area contributed by atoms with Crippen LogP contribution in [0.1, 0.15) is 19.6 Å². The number of nitrogen functional groups attached to an aromatic ring is 1. The molecule has 11 nitrogen and oxygen atoms in total. The van der Waals surface area contributed by atoms with E-state index in [-0.39, 0.29) is 12.2 Å². The van der Waals surface area contributed by atoms with E-state index in [2.05, 4.69) is 19.5 Å². The van der Waals surface area contributed by atoms with Crippen LogP contribution in [0.5, 0.6) is 0 Å². The van der Waals surface area contributed by atoms with E-state index >= 15 is 0 Å². The molecule has 1 fully saturated rings. The molecule has 1 aliphatic heterocycles. The van der Waals surface area contributed by atoms with Crippen LogP contribution in [-0.2, 0) is 13.8 Å². The molecule has 5 N–H and O–H groups in total. The molecule has 126 valence electrons. The smallest absolute Gasteiger partial charge is 0.390 e.